The summed E-state index contributed by atoms with van der Waals surface area (Å²) in [5, 5.41) is 0. The van der Waals surface area contributed by atoms with Crippen LogP contribution in [0.4, 0.5) is 0 Å². The molecule has 0 radical (unpaired) electrons. The van der Waals surface area contributed by atoms with Crippen molar-refractivity contribution in [3.8, 4) is 0 Å². The molecule has 0 aromatic heterocycles. The molecule has 0 saturated heterocycles. The van der Waals surface area contributed by atoms with Crippen molar-refractivity contribution < 1.29 is 9.47 Å². The van der Waals surface area contributed by atoms with Gasteiger partial charge in [0.1, 0.15) is 5.76 Å². The maximum atomic E-state index is 5.24. The van der Waals surface area contributed by atoms with E-state index in [2.05, 4.69) is 36.4 Å². The molecule has 17 heavy (non-hydrogen) atoms. The summed E-state index contributed by atoms with van der Waals surface area (Å²) >= 11 is 0. The Kier molecular flexibility index (Phi) is 3.99. The molecule has 1 atom stereocenters. The highest BCUT2D eigenvalue weighted by atomic mass is 16.5. The van der Waals surface area contributed by atoms with E-state index in [1.165, 1.54) is 11.1 Å². The third-order valence-corrected chi connectivity index (χ3v) is 3.06. The van der Waals surface area contributed by atoms with Crippen LogP contribution in [0.5, 0.6) is 0 Å². The fraction of sp³-hybridized carbons (Fsp3) is 0.333. The predicted octanol–water partition coefficient (Wildman–Crippen LogP) is 3.41. The Morgan fingerprint density at radius 1 is 1.24 bits per heavy atom. The number of rotatable bonds is 4. The second kappa shape index (κ2) is 5.69. The van der Waals surface area contributed by atoms with Crippen LogP contribution in [0.2, 0.25) is 0 Å². The first-order valence-electron chi connectivity index (χ1n) is 5.84. The largest absolute Gasteiger partial charge is 0.497 e. The van der Waals surface area contributed by atoms with E-state index < -0.39 is 0 Å². The Hall–Kier alpha value is -1.54. The van der Waals surface area contributed by atoms with Crippen molar-refractivity contribution in [2.45, 2.75) is 18.9 Å². The van der Waals surface area contributed by atoms with E-state index in [0.29, 0.717) is 12.5 Å². The van der Waals surface area contributed by atoms with Gasteiger partial charge in [0.2, 0.25) is 0 Å². The Morgan fingerprint density at radius 2 is 2.06 bits per heavy atom. The lowest BCUT2D eigenvalue weighted by Crippen LogP contribution is -2.04. The average Bonchev–Trinajstić information content (AvgIpc) is 2.40. The van der Waals surface area contributed by atoms with Crippen LogP contribution in [0.15, 0.2) is 48.3 Å². The SMILES string of the molecule is COCc1ccccc1C1C=CC(OC)=CC1. The molecule has 1 aliphatic rings. The van der Waals surface area contributed by atoms with Crippen LogP contribution in [0.25, 0.3) is 0 Å². The van der Waals surface area contributed by atoms with Crippen LogP contribution >= 0.6 is 0 Å². The van der Waals surface area contributed by atoms with E-state index in [1.807, 2.05) is 6.08 Å². The van der Waals surface area contributed by atoms with E-state index in [1.54, 1.807) is 14.2 Å². The van der Waals surface area contributed by atoms with Crippen LogP contribution in [0.3, 0.4) is 0 Å². The minimum absolute atomic E-state index is 0.431. The van der Waals surface area contributed by atoms with E-state index >= 15 is 0 Å². The molecule has 1 aromatic rings. The highest BCUT2D eigenvalue weighted by molar-refractivity contribution is 5.36. The third kappa shape index (κ3) is 2.77. The zero-order chi connectivity index (χ0) is 12.1. The number of hydrogen-bond donors (Lipinski definition) is 0. The van der Waals surface area contributed by atoms with Crippen molar-refractivity contribution in [1.29, 1.82) is 0 Å². The Morgan fingerprint density at radius 3 is 2.71 bits per heavy atom. The molecule has 1 aromatic carbocycles. The van der Waals surface area contributed by atoms with E-state index in [9.17, 15) is 0 Å². The second-order valence-electron chi connectivity index (χ2n) is 4.14. The summed E-state index contributed by atoms with van der Waals surface area (Å²) in [6.07, 6.45) is 7.36. The van der Waals surface area contributed by atoms with Gasteiger partial charge in [0.15, 0.2) is 0 Å². The van der Waals surface area contributed by atoms with Crippen molar-refractivity contribution in [2.75, 3.05) is 14.2 Å². The second-order valence-corrected chi connectivity index (χ2v) is 4.14. The first-order valence-corrected chi connectivity index (χ1v) is 5.84. The van der Waals surface area contributed by atoms with Crippen molar-refractivity contribution in [3.63, 3.8) is 0 Å². The van der Waals surface area contributed by atoms with Gasteiger partial charge < -0.3 is 9.47 Å². The van der Waals surface area contributed by atoms with Crippen LogP contribution in [0, 0.1) is 0 Å². The van der Waals surface area contributed by atoms with Crippen molar-refractivity contribution in [3.05, 3.63) is 59.4 Å². The monoisotopic (exact) mass is 230 g/mol. The van der Waals surface area contributed by atoms with Gasteiger partial charge in [0.05, 0.1) is 13.7 Å². The van der Waals surface area contributed by atoms with Gasteiger partial charge in [-0.15, -0.1) is 0 Å². The molecule has 0 saturated carbocycles. The summed E-state index contributed by atoms with van der Waals surface area (Å²) in [5.41, 5.74) is 2.61. The molecule has 90 valence electrons. The molecular weight excluding hydrogens is 212 g/mol. The molecular formula is C15H18O2. The smallest absolute Gasteiger partial charge is 0.114 e. The lowest BCUT2D eigenvalue weighted by atomic mass is 9.89. The van der Waals surface area contributed by atoms with E-state index in [4.69, 9.17) is 9.47 Å². The van der Waals surface area contributed by atoms with Gasteiger partial charge in [-0.1, -0.05) is 30.3 Å². The summed E-state index contributed by atoms with van der Waals surface area (Å²) in [4.78, 5) is 0. The Labute approximate surface area is 103 Å². The topological polar surface area (TPSA) is 18.5 Å². The van der Waals surface area contributed by atoms with E-state index in [-0.39, 0.29) is 0 Å². The van der Waals surface area contributed by atoms with Gasteiger partial charge in [-0.25, -0.2) is 0 Å². The molecule has 2 rings (SSSR count). The number of benzene rings is 1. The molecule has 1 aliphatic carbocycles. The van der Waals surface area contributed by atoms with Crippen molar-refractivity contribution in [2.24, 2.45) is 0 Å². The molecule has 0 amide bonds. The Balaban J connectivity index is 2.19. The number of allylic oxidation sites excluding steroid dienone is 3. The molecule has 1 unspecified atom stereocenters. The van der Waals surface area contributed by atoms with Gasteiger partial charge in [-0.3, -0.25) is 0 Å². The van der Waals surface area contributed by atoms with Gasteiger partial charge in [-0.05, 0) is 29.7 Å². The number of hydrogen-bond acceptors (Lipinski definition) is 2. The van der Waals surface area contributed by atoms with Crippen molar-refractivity contribution in [1.82, 2.24) is 0 Å². The van der Waals surface area contributed by atoms with E-state index in [0.717, 1.165) is 12.2 Å². The van der Waals surface area contributed by atoms with Crippen LogP contribution in [-0.2, 0) is 16.1 Å². The minimum Gasteiger partial charge on any atom is -0.497 e. The quantitative estimate of drug-likeness (QED) is 0.789. The zero-order valence-corrected chi connectivity index (χ0v) is 10.3. The molecule has 0 N–H and O–H groups in total. The highest BCUT2D eigenvalue weighted by Crippen LogP contribution is 2.29. The zero-order valence-electron chi connectivity index (χ0n) is 10.3. The number of ether oxygens (including phenoxy) is 2. The normalized spacial score (nSPS) is 18.9. The number of methoxy groups -OCH3 is 2. The molecule has 0 fully saturated rings. The molecule has 2 heteroatoms. The maximum Gasteiger partial charge on any atom is 0.114 e. The summed E-state index contributed by atoms with van der Waals surface area (Å²) in [6, 6.07) is 8.44. The summed E-state index contributed by atoms with van der Waals surface area (Å²) in [5.74, 6) is 1.38. The van der Waals surface area contributed by atoms with Crippen LogP contribution < -0.4 is 0 Å². The molecule has 0 aliphatic heterocycles. The maximum absolute atomic E-state index is 5.24. The minimum atomic E-state index is 0.431. The van der Waals surface area contributed by atoms with Crippen LogP contribution in [-0.4, -0.2) is 14.2 Å². The van der Waals surface area contributed by atoms with Crippen molar-refractivity contribution >= 4 is 0 Å². The summed E-state index contributed by atoms with van der Waals surface area (Å²) < 4.78 is 10.4. The van der Waals surface area contributed by atoms with Gasteiger partial charge in [-0.2, -0.15) is 0 Å². The first-order chi connectivity index (χ1) is 8.35. The lowest BCUT2D eigenvalue weighted by molar-refractivity contribution is 0.184. The highest BCUT2D eigenvalue weighted by Gasteiger charge is 2.14. The summed E-state index contributed by atoms with van der Waals surface area (Å²) in [6.45, 7) is 0.668. The third-order valence-electron chi connectivity index (χ3n) is 3.06. The van der Waals surface area contributed by atoms with Gasteiger partial charge in [0.25, 0.3) is 0 Å². The lowest BCUT2D eigenvalue weighted by Gasteiger charge is -2.19. The fourth-order valence-corrected chi connectivity index (χ4v) is 2.17. The fourth-order valence-electron chi connectivity index (χ4n) is 2.17. The van der Waals surface area contributed by atoms with Gasteiger partial charge >= 0.3 is 0 Å². The molecule has 0 heterocycles. The Bertz CT molecular complexity index is 432. The molecule has 0 spiro atoms. The van der Waals surface area contributed by atoms with Gasteiger partial charge in [0, 0.05) is 13.0 Å². The predicted molar refractivity (Wildman–Crippen MR) is 68.7 cm³/mol. The molecule has 2 nitrogen and oxygen atoms in total. The first kappa shape index (κ1) is 11.9. The standard InChI is InChI=1S/C15H18O2/c1-16-11-13-5-3-4-6-15(13)12-7-9-14(17-2)10-8-12/h3-7,9-10,12H,8,11H2,1-2H3. The summed E-state index contributed by atoms with van der Waals surface area (Å²) in [7, 11) is 3.44. The average molecular weight is 230 g/mol. The van der Waals surface area contributed by atoms with Crippen LogP contribution in [0.1, 0.15) is 23.5 Å². The molecule has 0 bridgehead atoms.